The lowest BCUT2D eigenvalue weighted by molar-refractivity contribution is -0.0397. The van der Waals surface area contributed by atoms with E-state index in [0.717, 1.165) is 36.3 Å². The van der Waals surface area contributed by atoms with Crippen molar-refractivity contribution < 1.29 is 5.11 Å². The molecule has 0 radical (unpaired) electrons. The summed E-state index contributed by atoms with van der Waals surface area (Å²) in [6.45, 7) is 0. The molecule has 1 aliphatic carbocycles. The molecular weight excluding hydrogens is 196 g/mol. The zero-order valence-corrected chi connectivity index (χ0v) is 8.93. The van der Waals surface area contributed by atoms with Crippen molar-refractivity contribution >= 4 is 11.6 Å². The third-order valence-electron chi connectivity index (χ3n) is 3.10. The average molecular weight is 211 g/mol. The summed E-state index contributed by atoms with van der Waals surface area (Å²) in [6, 6.07) is 7.86. The summed E-state index contributed by atoms with van der Waals surface area (Å²) in [5.74, 6) is 0. The molecule has 1 fully saturated rings. The number of hydrogen-bond donors (Lipinski definition) is 1. The summed E-state index contributed by atoms with van der Waals surface area (Å²) in [7, 11) is 0. The Morgan fingerprint density at radius 3 is 2.57 bits per heavy atom. The molecule has 0 amide bonds. The van der Waals surface area contributed by atoms with Gasteiger partial charge >= 0.3 is 0 Å². The predicted octanol–water partition coefficient (Wildman–Crippen LogP) is 3.19. The Hall–Kier alpha value is -0.530. The van der Waals surface area contributed by atoms with Crippen molar-refractivity contribution in [1.82, 2.24) is 0 Å². The summed E-state index contributed by atoms with van der Waals surface area (Å²) in [6.07, 6.45) is 4.81. The quantitative estimate of drug-likeness (QED) is 0.813. The van der Waals surface area contributed by atoms with E-state index in [9.17, 15) is 5.11 Å². The van der Waals surface area contributed by atoms with Crippen molar-refractivity contribution in [3.05, 3.63) is 34.9 Å². The van der Waals surface area contributed by atoms with Crippen molar-refractivity contribution in [1.29, 1.82) is 0 Å². The van der Waals surface area contributed by atoms with Crippen LogP contribution in [0.25, 0.3) is 0 Å². The number of benzene rings is 1. The predicted molar refractivity (Wildman–Crippen MR) is 58.6 cm³/mol. The van der Waals surface area contributed by atoms with Crippen molar-refractivity contribution in [2.45, 2.75) is 37.7 Å². The van der Waals surface area contributed by atoms with E-state index in [0.29, 0.717) is 0 Å². The van der Waals surface area contributed by atoms with E-state index in [1.807, 2.05) is 24.3 Å². The van der Waals surface area contributed by atoms with Crippen molar-refractivity contribution in [3.63, 3.8) is 0 Å². The lowest BCUT2D eigenvalue weighted by Gasteiger charge is -2.36. The van der Waals surface area contributed by atoms with Gasteiger partial charge in [0.25, 0.3) is 0 Å². The van der Waals surface area contributed by atoms with Crippen LogP contribution in [0.2, 0.25) is 5.02 Å². The van der Waals surface area contributed by atoms with Gasteiger partial charge in [0.2, 0.25) is 0 Å². The molecular formula is C12H15ClO. The Morgan fingerprint density at radius 1 is 1.29 bits per heavy atom. The molecule has 2 heteroatoms. The Morgan fingerprint density at radius 2 is 2.00 bits per heavy atom. The fraction of sp³-hybridized carbons (Fsp3) is 0.500. The monoisotopic (exact) mass is 210 g/mol. The van der Waals surface area contributed by atoms with E-state index < -0.39 is 0 Å². The molecule has 1 aromatic carbocycles. The second-order valence-electron chi connectivity index (χ2n) is 4.17. The highest BCUT2D eigenvalue weighted by Crippen LogP contribution is 2.36. The number of halogens is 1. The molecule has 76 valence electrons. The minimum atomic E-state index is -0.390. The minimum absolute atomic E-state index is 0.390. The Labute approximate surface area is 89.7 Å². The summed E-state index contributed by atoms with van der Waals surface area (Å²) in [5.41, 5.74) is 0.758. The first-order valence-electron chi connectivity index (χ1n) is 5.15. The van der Waals surface area contributed by atoms with Crippen LogP contribution in [-0.4, -0.2) is 10.7 Å². The fourth-order valence-electron chi connectivity index (χ4n) is 1.90. The van der Waals surface area contributed by atoms with Gasteiger partial charge < -0.3 is 5.11 Å². The largest absolute Gasteiger partial charge is 0.390 e. The molecule has 0 saturated heterocycles. The molecule has 0 bridgehead atoms. The van der Waals surface area contributed by atoms with E-state index >= 15 is 0 Å². The van der Waals surface area contributed by atoms with Crippen LogP contribution in [0, 0.1) is 0 Å². The molecule has 0 atom stereocenters. The molecule has 0 aromatic heterocycles. The van der Waals surface area contributed by atoms with Crippen LogP contribution in [0.5, 0.6) is 0 Å². The standard InChI is InChI=1S/C12H15ClO/c13-11-5-2-1-4-10(11)6-9-12(14)7-3-8-12/h1-2,4-5,14H,3,6-9H2. The molecule has 2 rings (SSSR count). The van der Waals surface area contributed by atoms with Gasteiger partial charge in [0.05, 0.1) is 5.60 Å². The van der Waals surface area contributed by atoms with E-state index in [4.69, 9.17) is 11.6 Å². The molecule has 0 heterocycles. The Bertz CT molecular complexity index is 318. The lowest BCUT2D eigenvalue weighted by atomic mass is 9.76. The first-order valence-corrected chi connectivity index (χ1v) is 5.53. The highest BCUT2D eigenvalue weighted by Gasteiger charge is 2.33. The van der Waals surface area contributed by atoms with Gasteiger partial charge in [-0.1, -0.05) is 29.8 Å². The van der Waals surface area contributed by atoms with Crippen molar-refractivity contribution in [3.8, 4) is 0 Å². The first kappa shape index (κ1) is 10.0. The minimum Gasteiger partial charge on any atom is -0.390 e. The van der Waals surface area contributed by atoms with Crippen LogP contribution in [0.15, 0.2) is 24.3 Å². The van der Waals surface area contributed by atoms with Crippen LogP contribution >= 0.6 is 11.6 Å². The zero-order chi connectivity index (χ0) is 10.0. The van der Waals surface area contributed by atoms with E-state index in [-0.39, 0.29) is 5.60 Å². The van der Waals surface area contributed by atoms with Crippen LogP contribution in [0.1, 0.15) is 31.2 Å². The summed E-state index contributed by atoms with van der Waals surface area (Å²) in [4.78, 5) is 0. The molecule has 0 unspecified atom stereocenters. The van der Waals surface area contributed by atoms with E-state index in [1.165, 1.54) is 6.42 Å². The fourth-order valence-corrected chi connectivity index (χ4v) is 2.13. The maximum atomic E-state index is 9.92. The third-order valence-corrected chi connectivity index (χ3v) is 3.47. The zero-order valence-electron chi connectivity index (χ0n) is 8.17. The lowest BCUT2D eigenvalue weighted by Crippen LogP contribution is -2.37. The van der Waals surface area contributed by atoms with Crippen molar-refractivity contribution in [2.75, 3.05) is 0 Å². The smallest absolute Gasteiger partial charge is 0.0651 e. The maximum absolute atomic E-state index is 9.92. The van der Waals surface area contributed by atoms with Crippen molar-refractivity contribution in [2.24, 2.45) is 0 Å². The van der Waals surface area contributed by atoms with E-state index in [2.05, 4.69) is 0 Å². The van der Waals surface area contributed by atoms with E-state index in [1.54, 1.807) is 0 Å². The molecule has 0 aliphatic heterocycles. The number of aryl methyl sites for hydroxylation is 1. The summed E-state index contributed by atoms with van der Waals surface area (Å²) < 4.78 is 0. The molecule has 0 spiro atoms. The molecule has 1 N–H and O–H groups in total. The van der Waals surface area contributed by atoms with Crippen LogP contribution in [0.3, 0.4) is 0 Å². The molecule has 14 heavy (non-hydrogen) atoms. The number of aliphatic hydroxyl groups is 1. The topological polar surface area (TPSA) is 20.2 Å². The number of hydrogen-bond acceptors (Lipinski definition) is 1. The third kappa shape index (κ3) is 2.10. The SMILES string of the molecule is OC1(CCc2ccccc2Cl)CCC1. The van der Waals surface area contributed by atoms with Gasteiger partial charge in [-0.15, -0.1) is 0 Å². The van der Waals surface area contributed by atoms with Crippen LogP contribution < -0.4 is 0 Å². The van der Waals surface area contributed by atoms with Gasteiger partial charge in [-0.3, -0.25) is 0 Å². The Balaban J connectivity index is 1.95. The maximum Gasteiger partial charge on any atom is 0.0651 e. The summed E-state index contributed by atoms with van der Waals surface area (Å²) >= 11 is 6.03. The van der Waals surface area contributed by atoms with Crippen LogP contribution in [-0.2, 0) is 6.42 Å². The molecule has 1 aromatic rings. The first-order chi connectivity index (χ1) is 6.70. The number of rotatable bonds is 3. The second kappa shape index (κ2) is 3.92. The summed E-state index contributed by atoms with van der Waals surface area (Å²) in [5, 5.41) is 10.7. The molecule has 1 nitrogen and oxygen atoms in total. The molecule has 1 saturated carbocycles. The normalized spacial score (nSPS) is 19.0. The van der Waals surface area contributed by atoms with Gasteiger partial charge in [-0.25, -0.2) is 0 Å². The average Bonchev–Trinajstić information content (AvgIpc) is 2.14. The van der Waals surface area contributed by atoms with Gasteiger partial charge in [-0.2, -0.15) is 0 Å². The van der Waals surface area contributed by atoms with Crippen LogP contribution in [0.4, 0.5) is 0 Å². The van der Waals surface area contributed by atoms with Gasteiger partial charge in [0, 0.05) is 5.02 Å². The highest BCUT2D eigenvalue weighted by atomic mass is 35.5. The molecule has 1 aliphatic rings. The van der Waals surface area contributed by atoms with Gasteiger partial charge in [0.1, 0.15) is 0 Å². The Kier molecular flexibility index (Phi) is 2.80. The highest BCUT2D eigenvalue weighted by molar-refractivity contribution is 6.31. The van der Waals surface area contributed by atoms with Gasteiger partial charge in [-0.05, 0) is 43.7 Å². The second-order valence-corrected chi connectivity index (χ2v) is 4.58. The van der Waals surface area contributed by atoms with Gasteiger partial charge in [0.15, 0.2) is 0 Å².